The molecule has 1 aliphatic carbocycles. The Hall–Kier alpha value is -1.41. The van der Waals surface area contributed by atoms with Crippen molar-refractivity contribution in [3.63, 3.8) is 0 Å². The molecule has 0 heterocycles. The predicted molar refractivity (Wildman–Crippen MR) is 130 cm³/mol. The van der Waals surface area contributed by atoms with Crippen LogP contribution in [0.5, 0.6) is 0 Å². The summed E-state index contributed by atoms with van der Waals surface area (Å²) in [5, 5.41) is 4.04. The van der Waals surface area contributed by atoms with Gasteiger partial charge in [0.05, 0.1) is 20.6 Å². The first-order valence-corrected chi connectivity index (χ1v) is 13.5. The van der Waals surface area contributed by atoms with Gasteiger partial charge in [0.1, 0.15) is 6.54 Å². The van der Waals surface area contributed by atoms with Gasteiger partial charge in [-0.15, -0.1) is 0 Å². The molecule has 1 aliphatic rings. The standard InChI is InChI=1S/C22H26Cl2N2O3S2/c23-20-12-11-17(15-21(20)24)26(31(28,29)19-9-5-2-6-10-19)16-22(27)25-13-14-30-18-7-3-1-4-8-18/h2,5-6,9-12,15,18H,1,3-4,7-8,13-14,16H2,(H,25,27). The molecule has 31 heavy (non-hydrogen) atoms. The number of thioether (sulfide) groups is 1. The Labute approximate surface area is 198 Å². The van der Waals surface area contributed by atoms with Crippen molar-refractivity contribution in [1.82, 2.24) is 5.32 Å². The van der Waals surface area contributed by atoms with Gasteiger partial charge >= 0.3 is 0 Å². The van der Waals surface area contributed by atoms with Gasteiger partial charge < -0.3 is 5.32 Å². The van der Waals surface area contributed by atoms with Crippen LogP contribution in [0.1, 0.15) is 32.1 Å². The van der Waals surface area contributed by atoms with E-state index in [-0.39, 0.29) is 28.1 Å². The van der Waals surface area contributed by atoms with Crippen LogP contribution in [0.3, 0.4) is 0 Å². The summed E-state index contributed by atoms with van der Waals surface area (Å²) in [4.78, 5) is 12.7. The van der Waals surface area contributed by atoms with E-state index in [1.54, 1.807) is 24.3 Å². The molecule has 9 heteroatoms. The molecule has 2 aromatic rings. The summed E-state index contributed by atoms with van der Waals surface area (Å²) in [5.74, 6) is 0.448. The third kappa shape index (κ3) is 6.78. The van der Waals surface area contributed by atoms with Crippen LogP contribution in [-0.2, 0) is 14.8 Å². The minimum absolute atomic E-state index is 0.0988. The molecule has 2 aromatic carbocycles. The Bertz CT molecular complexity index is 982. The molecule has 0 saturated heterocycles. The van der Waals surface area contributed by atoms with E-state index in [0.29, 0.717) is 16.8 Å². The van der Waals surface area contributed by atoms with E-state index in [1.807, 2.05) is 11.8 Å². The Balaban J connectivity index is 1.69. The minimum Gasteiger partial charge on any atom is -0.354 e. The molecule has 0 unspecified atom stereocenters. The summed E-state index contributed by atoms with van der Waals surface area (Å²) in [6.45, 7) is 0.157. The molecule has 5 nitrogen and oxygen atoms in total. The van der Waals surface area contributed by atoms with Crippen molar-refractivity contribution >= 4 is 56.6 Å². The zero-order valence-corrected chi connectivity index (χ0v) is 20.2. The minimum atomic E-state index is -3.96. The van der Waals surface area contributed by atoms with Crippen molar-refractivity contribution in [2.24, 2.45) is 0 Å². The topological polar surface area (TPSA) is 66.5 Å². The van der Waals surface area contributed by atoms with Gasteiger partial charge in [0.25, 0.3) is 10.0 Å². The largest absolute Gasteiger partial charge is 0.354 e. The lowest BCUT2D eigenvalue weighted by atomic mass is 10.0. The number of nitrogens with one attached hydrogen (secondary N) is 1. The number of hydrogen-bond acceptors (Lipinski definition) is 4. The summed E-state index contributed by atoms with van der Waals surface area (Å²) in [7, 11) is -3.96. The molecule has 0 aromatic heterocycles. The summed E-state index contributed by atoms with van der Waals surface area (Å²) in [6, 6.07) is 12.5. The normalized spacial score (nSPS) is 14.9. The fourth-order valence-electron chi connectivity index (χ4n) is 3.51. The smallest absolute Gasteiger partial charge is 0.264 e. The second-order valence-electron chi connectivity index (χ2n) is 7.40. The van der Waals surface area contributed by atoms with Gasteiger partial charge in [-0.05, 0) is 43.2 Å². The molecule has 1 N–H and O–H groups in total. The summed E-state index contributed by atoms with van der Waals surface area (Å²) in [6.07, 6.45) is 6.34. The molecule has 0 radical (unpaired) electrons. The number of carbonyl (C=O) groups is 1. The lowest BCUT2D eigenvalue weighted by molar-refractivity contribution is -0.119. The van der Waals surface area contributed by atoms with Crippen LogP contribution in [-0.4, -0.2) is 38.4 Å². The molecule has 0 spiro atoms. The van der Waals surface area contributed by atoms with Crippen molar-refractivity contribution in [3.8, 4) is 0 Å². The first kappa shape index (κ1) is 24.2. The Morgan fingerprint density at radius 1 is 1.03 bits per heavy atom. The van der Waals surface area contributed by atoms with Crippen LogP contribution >= 0.6 is 35.0 Å². The molecule has 3 rings (SSSR count). The second kappa shape index (κ2) is 11.5. The molecule has 0 atom stereocenters. The van der Waals surface area contributed by atoms with Gasteiger partial charge in [-0.3, -0.25) is 9.10 Å². The highest BCUT2D eigenvalue weighted by atomic mass is 35.5. The van der Waals surface area contributed by atoms with Crippen LogP contribution in [0, 0.1) is 0 Å². The number of carbonyl (C=O) groups excluding carboxylic acids is 1. The molecule has 0 bridgehead atoms. The van der Waals surface area contributed by atoms with Gasteiger partial charge in [-0.25, -0.2) is 8.42 Å². The zero-order valence-electron chi connectivity index (χ0n) is 17.1. The predicted octanol–water partition coefficient (Wildman–Crippen LogP) is 5.37. The highest BCUT2D eigenvalue weighted by molar-refractivity contribution is 7.99. The zero-order chi connectivity index (χ0) is 22.3. The van der Waals surface area contributed by atoms with Gasteiger partial charge in [0.2, 0.25) is 5.91 Å². The highest BCUT2D eigenvalue weighted by Crippen LogP contribution is 2.30. The fourth-order valence-corrected chi connectivity index (χ4v) is 6.46. The van der Waals surface area contributed by atoms with Crippen LogP contribution < -0.4 is 9.62 Å². The Kier molecular flexibility index (Phi) is 8.95. The summed E-state index contributed by atoms with van der Waals surface area (Å²) >= 11 is 14.0. The first-order valence-electron chi connectivity index (χ1n) is 10.3. The third-order valence-corrected chi connectivity index (χ3v) is 9.05. The molecule has 168 valence electrons. The number of benzene rings is 2. The van der Waals surface area contributed by atoms with E-state index in [4.69, 9.17) is 23.2 Å². The average Bonchev–Trinajstić information content (AvgIpc) is 2.78. The molecule has 1 saturated carbocycles. The number of rotatable bonds is 9. The maximum absolute atomic E-state index is 13.3. The first-order chi connectivity index (χ1) is 14.9. The summed E-state index contributed by atoms with van der Waals surface area (Å²) < 4.78 is 27.6. The Morgan fingerprint density at radius 2 is 1.74 bits per heavy atom. The van der Waals surface area contributed by atoms with Crippen molar-refractivity contribution in [2.75, 3.05) is 23.1 Å². The van der Waals surface area contributed by atoms with Crippen LogP contribution in [0.2, 0.25) is 10.0 Å². The number of sulfonamides is 1. The number of nitrogens with zero attached hydrogens (tertiary/aromatic N) is 1. The third-order valence-electron chi connectivity index (χ3n) is 5.14. The van der Waals surface area contributed by atoms with Gasteiger partial charge in [-0.2, -0.15) is 11.8 Å². The SMILES string of the molecule is O=C(CN(c1ccc(Cl)c(Cl)c1)S(=O)(=O)c1ccccc1)NCCSC1CCCCC1. The molecule has 0 aliphatic heterocycles. The van der Waals surface area contributed by atoms with E-state index in [9.17, 15) is 13.2 Å². The number of anilines is 1. The van der Waals surface area contributed by atoms with E-state index in [1.165, 1.54) is 56.4 Å². The highest BCUT2D eigenvalue weighted by Gasteiger charge is 2.27. The summed E-state index contributed by atoms with van der Waals surface area (Å²) in [5.41, 5.74) is 0.282. The van der Waals surface area contributed by atoms with Crippen molar-refractivity contribution < 1.29 is 13.2 Å². The molecule has 1 fully saturated rings. The Morgan fingerprint density at radius 3 is 2.42 bits per heavy atom. The van der Waals surface area contributed by atoms with Crippen LogP contribution in [0.25, 0.3) is 0 Å². The monoisotopic (exact) mass is 500 g/mol. The van der Waals surface area contributed by atoms with E-state index < -0.39 is 10.0 Å². The van der Waals surface area contributed by atoms with Crippen molar-refractivity contribution in [3.05, 3.63) is 58.6 Å². The van der Waals surface area contributed by atoms with Crippen molar-refractivity contribution in [1.29, 1.82) is 0 Å². The maximum atomic E-state index is 13.3. The molecule has 1 amide bonds. The van der Waals surface area contributed by atoms with Gasteiger partial charge in [0, 0.05) is 17.5 Å². The molecular weight excluding hydrogens is 475 g/mol. The van der Waals surface area contributed by atoms with E-state index in [2.05, 4.69) is 5.32 Å². The van der Waals surface area contributed by atoms with E-state index in [0.717, 1.165) is 10.1 Å². The quantitative estimate of drug-likeness (QED) is 0.469. The van der Waals surface area contributed by atoms with Crippen LogP contribution in [0.4, 0.5) is 5.69 Å². The average molecular weight is 502 g/mol. The lowest BCUT2D eigenvalue weighted by Crippen LogP contribution is -2.41. The van der Waals surface area contributed by atoms with Crippen LogP contribution in [0.15, 0.2) is 53.4 Å². The van der Waals surface area contributed by atoms with Crippen molar-refractivity contribution in [2.45, 2.75) is 42.2 Å². The fraction of sp³-hybridized carbons (Fsp3) is 0.409. The lowest BCUT2D eigenvalue weighted by Gasteiger charge is -2.24. The number of hydrogen-bond donors (Lipinski definition) is 1. The second-order valence-corrected chi connectivity index (χ2v) is 11.5. The van der Waals surface area contributed by atoms with Gasteiger partial charge in [0.15, 0.2) is 0 Å². The van der Waals surface area contributed by atoms with E-state index >= 15 is 0 Å². The number of halogens is 2. The maximum Gasteiger partial charge on any atom is 0.264 e. The molecular formula is C22H26Cl2N2O3S2. The van der Waals surface area contributed by atoms with Gasteiger partial charge in [-0.1, -0.05) is 60.7 Å². The number of amides is 1.